The highest BCUT2D eigenvalue weighted by atomic mass is 19.1. The highest BCUT2D eigenvalue weighted by Gasteiger charge is 2.50. The van der Waals surface area contributed by atoms with Crippen LogP contribution in [0.3, 0.4) is 0 Å². The van der Waals surface area contributed by atoms with E-state index in [4.69, 9.17) is 0 Å². The summed E-state index contributed by atoms with van der Waals surface area (Å²) >= 11 is 0. The zero-order valence-electron chi connectivity index (χ0n) is 20.4. The van der Waals surface area contributed by atoms with E-state index in [0.717, 1.165) is 53.3 Å². The average Bonchev–Trinajstić information content (AvgIpc) is 3.12. The minimum absolute atomic E-state index is 0.0314. The van der Waals surface area contributed by atoms with E-state index < -0.39 is 17.5 Å². The molecular weight excluding hydrogens is 457 g/mol. The van der Waals surface area contributed by atoms with E-state index >= 15 is 0 Å². The number of urea groups is 1. The fourth-order valence-corrected chi connectivity index (χ4v) is 5.36. The first-order chi connectivity index (χ1) is 17.3. The number of nitrogens with one attached hydrogen (secondary N) is 1. The number of rotatable bonds is 6. The molecule has 2 aliphatic rings. The van der Waals surface area contributed by atoms with Crippen LogP contribution in [0.2, 0.25) is 0 Å². The summed E-state index contributed by atoms with van der Waals surface area (Å²) in [6.07, 6.45) is 4.94. The molecule has 7 heteroatoms. The number of benzene rings is 3. The molecule has 0 bridgehead atoms. The lowest BCUT2D eigenvalue weighted by atomic mass is 9.90. The van der Waals surface area contributed by atoms with Crippen LogP contribution in [0.25, 0.3) is 10.8 Å². The molecule has 0 spiro atoms. The van der Waals surface area contributed by atoms with E-state index in [2.05, 4.69) is 5.32 Å². The third kappa shape index (κ3) is 4.57. The van der Waals surface area contributed by atoms with Gasteiger partial charge in [0.05, 0.1) is 0 Å². The normalized spacial score (nSPS) is 20.6. The standard InChI is InChI=1S/C29H30FN3O3/c1-29(23-14-13-21-7-5-6-8-22(21)17-23)27(35)33(28(36)31-29)19-26(34)32(25-9-3-2-4-10-25)18-20-11-15-24(30)16-12-20/h5-8,11-17,25H,2-4,9-10,18-19H2,1H3,(H,31,36). The largest absolute Gasteiger partial charge is 0.334 e. The number of fused-ring (bicyclic) bond motifs is 1. The monoisotopic (exact) mass is 487 g/mol. The zero-order chi connectivity index (χ0) is 25.3. The van der Waals surface area contributed by atoms with E-state index in [-0.39, 0.29) is 24.3 Å². The molecule has 0 aromatic heterocycles. The number of amides is 4. The van der Waals surface area contributed by atoms with Gasteiger partial charge in [0.2, 0.25) is 5.91 Å². The molecule has 3 aromatic rings. The van der Waals surface area contributed by atoms with Crippen molar-refractivity contribution >= 4 is 28.6 Å². The summed E-state index contributed by atoms with van der Waals surface area (Å²) in [4.78, 5) is 42.8. The van der Waals surface area contributed by atoms with Crippen molar-refractivity contribution in [3.8, 4) is 0 Å². The van der Waals surface area contributed by atoms with E-state index in [1.807, 2.05) is 42.5 Å². The fourth-order valence-electron chi connectivity index (χ4n) is 5.36. The van der Waals surface area contributed by atoms with Crippen LogP contribution in [-0.4, -0.2) is 40.2 Å². The van der Waals surface area contributed by atoms with E-state index in [9.17, 15) is 18.8 Å². The Morgan fingerprint density at radius 2 is 1.69 bits per heavy atom. The van der Waals surface area contributed by atoms with Crippen LogP contribution in [0.15, 0.2) is 66.7 Å². The fraction of sp³-hybridized carbons (Fsp3) is 0.345. The molecule has 2 fully saturated rings. The topological polar surface area (TPSA) is 69.7 Å². The first-order valence-corrected chi connectivity index (χ1v) is 12.5. The summed E-state index contributed by atoms with van der Waals surface area (Å²) in [5, 5.41) is 4.82. The van der Waals surface area contributed by atoms with Gasteiger partial charge < -0.3 is 10.2 Å². The van der Waals surface area contributed by atoms with Crippen LogP contribution < -0.4 is 5.32 Å². The Morgan fingerprint density at radius 1 is 1.00 bits per heavy atom. The minimum atomic E-state index is -1.26. The lowest BCUT2D eigenvalue weighted by molar-refractivity contribution is -0.141. The predicted molar refractivity (Wildman–Crippen MR) is 135 cm³/mol. The molecule has 4 amide bonds. The van der Waals surface area contributed by atoms with Gasteiger partial charge >= 0.3 is 6.03 Å². The maximum atomic E-state index is 13.6. The molecule has 5 rings (SSSR count). The predicted octanol–water partition coefficient (Wildman–Crippen LogP) is 5.11. The van der Waals surface area contributed by atoms with Gasteiger partial charge in [0.25, 0.3) is 5.91 Å². The Hall–Kier alpha value is -3.74. The Labute approximate surface area is 210 Å². The van der Waals surface area contributed by atoms with E-state index in [1.165, 1.54) is 12.1 Å². The first-order valence-electron chi connectivity index (χ1n) is 12.5. The molecule has 0 radical (unpaired) electrons. The van der Waals surface area contributed by atoms with Gasteiger partial charge in [-0.15, -0.1) is 0 Å². The SMILES string of the molecule is CC1(c2ccc3ccccc3c2)NC(=O)N(CC(=O)N(Cc2ccc(F)cc2)C2CCCCC2)C1=O. The van der Waals surface area contributed by atoms with Crippen molar-refractivity contribution in [2.45, 2.75) is 57.2 Å². The van der Waals surface area contributed by atoms with Crippen molar-refractivity contribution < 1.29 is 18.8 Å². The summed E-state index contributed by atoms with van der Waals surface area (Å²) in [6.45, 7) is 1.67. The molecule has 186 valence electrons. The van der Waals surface area contributed by atoms with E-state index in [0.29, 0.717) is 12.1 Å². The molecule has 1 aliphatic heterocycles. The number of hydrogen-bond donors (Lipinski definition) is 1. The van der Waals surface area contributed by atoms with Crippen LogP contribution in [0.1, 0.15) is 50.2 Å². The Kier molecular flexibility index (Phi) is 6.48. The molecule has 1 N–H and O–H groups in total. The molecule has 6 nitrogen and oxygen atoms in total. The van der Waals surface area contributed by atoms with Crippen molar-refractivity contribution in [2.75, 3.05) is 6.54 Å². The lowest BCUT2D eigenvalue weighted by Gasteiger charge is -2.35. The molecule has 1 heterocycles. The lowest BCUT2D eigenvalue weighted by Crippen LogP contribution is -2.48. The second-order valence-corrected chi connectivity index (χ2v) is 9.95. The maximum Gasteiger partial charge on any atom is 0.325 e. The zero-order valence-corrected chi connectivity index (χ0v) is 20.4. The van der Waals surface area contributed by atoms with Crippen molar-refractivity contribution in [1.82, 2.24) is 15.1 Å². The van der Waals surface area contributed by atoms with Gasteiger partial charge in [0, 0.05) is 12.6 Å². The highest BCUT2D eigenvalue weighted by Crippen LogP contribution is 2.32. The van der Waals surface area contributed by atoms with Gasteiger partial charge in [-0.2, -0.15) is 0 Å². The van der Waals surface area contributed by atoms with Gasteiger partial charge in [-0.1, -0.05) is 67.8 Å². The van der Waals surface area contributed by atoms with E-state index in [1.54, 1.807) is 24.0 Å². The number of carbonyl (C=O) groups excluding carboxylic acids is 3. The Balaban J connectivity index is 1.37. The van der Waals surface area contributed by atoms with Crippen molar-refractivity contribution in [3.05, 3.63) is 83.7 Å². The van der Waals surface area contributed by atoms with Gasteiger partial charge in [0.1, 0.15) is 17.9 Å². The maximum absolute atomic E-state index is 13.6. The summed E-state index contributed by atoms with van der Waals surface area (Å²) in [5.41, 5.74) is 0.229. The molecule has 1 atom stereocenters. The second kappa shape index (κ2) is 9.72. The minimum Gasteiger partial charge on any atom is -0.334 e. The number of nitrogens with zero attached hydrogens (tertiary/aromatic N) is 2. The van der Waals surface area contributed by atoms with Crippen LogP contribution in [0, 0.1) is 5.82 Å². The number of carbonyl (C=O) groups is 3. The Morgan fingerprint density at radius 3 is 2.42 bits per heavy atom. The van der Waals surface area contributed by atoms with Gasteiger partial charge in [0.15, 0.2) is 0 Å². The summed E-state index contributed by atoms with van der Waals surface area (Å²) in [7, 11) is 0. The van der Waals surface area contributed by atoms with Crippen LogP contribution in [-0.2, 0) is 21.7 Å². The highest BCUT2D eigenvalue weighted by molar-refractivity contribution is 6.09. The third-order valence-electron chi connectivity index (χ3n) is 7.50. The molecular formula is C29H30FN3O3. The van der Waals surface area contributed by atoms with Crippen LogP contribution in [0.4, 0.5) is 9.18 Å². The quantitative estimate of drug-likeness (QED) is 0.492. The summed E-state index contributed by atoms with van der Waals surface area (Å²) in [6, 6.07) is 19.1. The molecule has 3 aromatic carbocycles. The third-order valence-corrected chi connectivity index (χ3v) is 7.50. The summed E-state index contributed by atoms with van der Waals surface area (Å²) in [5.74, 6) is -1.06. The number of halogens is 1. The number of imide groups is 1. The molecule has 1 saturated carbocycles. The number of hydrogen-bond acceptors (Lipinski definition) is 3. The average molecular weight is 488 g/mol. The van der Waals surface area contributed by atoms with Gasteiger partial charge in [-0.05, 0) is 59.9 Å². The molecule has 1 unspecified atom stereocenters. The van der Waals surface area contributed by atoms with Crippen LogP contribution in [0.5, 0.6) is 0 Å². The van der Waals surface area contributed by atoms with Crippen molar-refractivity contribution in [2.24, 2.45) is 0 Å². The summed E-state index contributed by atoms with van der Waals surface area (Å²) < 4.78 is 13.4. The molecule has 1 saturated heterocycles. The second-order valence-electron chi connectivity index (χ2n) is 9.95. The smallest absolute Gasteiger partial charge is 0.325 e. The van der Waals surface area contributed by atoms with Crippen molar-refractivity contribution in [3.63, 3.8) is 0 Å². The van der Waals surface area contributed by atoms with Gasteiger partial charge in [-0.3, -0.25) is 14.5 Å². The van der Waals surface area contributed by atoms with Crippen LogP contribution >= 0.6 is 0 Å². The molecule has 1 aliphatic carbocycles. The molecule has 36 heavy (non-hydrogen) atoms. The Bertz CT molecular complexity index is 1300. The first kappa shape index (κ1) is 24.0. The van der Waals surface area contributed by atoms with Gasteiger partial charge in [-0.25, -0.2) is 9.18 Å². The van der Waals surface area contributed by atoms with Crippen molar-refractivity contribution in [1.29, 1.82) is 0 Å².